The molecule has 0 bridgehead atoms. The van der Waals surface area contributed by atoms with Crippen LogP contribution in [-0.4, -0.2) is 4.98 Å². The first-order valence-electron chi connectivity index (χ1n) is 5.35. The van der Waals surface area contributed by atoms with Crippen molar-refractivity contribution < 1.29 is 0 Å². The Balaban J connectivity index is 2.07. The second-order valence-corrected chi connectivity index (χ2v) is 5.49. The van der Waals surface area contributed by atoms with Crippen molar-refractivity contribution in [1.82, 2.24) is 4.98 Å². The van der Waals surface area contributed by atoms with Crippen LogP contribution >= 0.6 is 11.3 Å². The van der Waals surface area contributed by atoms with Gasteiger partial charge in [0.2, 0.25) is 0 Å². The van der Waals surface area contributed by atoms with Gasteiger partial charge < -0.3 is 5.73 Å². The minimum absolute atomic E-state index is 0.238. The quantitative estimate of drug-likeness (QED) is 0.830. The lowest BCUT2D eigenvalue weighted by molar-refractivity contribution is 0.463. The molecule has 3 heteroatoms. The fourth-order valence-corrected chi connectivity index (χ4v) is 2.47. The van der Waals surface area contributed by atoms with Crippen LogP contribution in [0.5, 0.6) is 0 Å². The molecule has 1 unspecified atom stereocenters. The molecule has 1 heterocycles. The highest BCUT2D eigenvalue weighted by molar-refractivity contribution is 7.09. The zero-order valence-electron chi connectivity index (χ0n) is 8.92. The fraction of sp³-hybridized carbons (Fsp3) is 0.727. The van der Waals surface area contributed by atoms with Gasteiger partial charge in [0.25, 0.3) is 0 Å². The van der Waals surface area contributed by atoms with E-state index in [2.05, 4.69) is 24.2 Å². The van der Waals surface area contributed by atoms with E-state index in [1.165, 1.54) is 24.3 Å². The molecule has 1 atom stereocenters. The van der Waals surface area contributed by atoms with E-state index in [1.807, 2.05) is 0 Å². The Labute approximate surface area is 89.5 Å². The third-order valence-corrected chi connectivity index (χ3v) is 3.90. The molecule has 1 aromatic heterocycles. The van der Waals surface area contributed by atoms with Crippen LogP contribution in [0.25, 0.3) is 0 Å². The summed E-state index contributed by atoms with van der Waals surface area (Å²) in [5.74, 6) is 0.916. The predicted molar refractivity (Wildman–Crippen MR) is 60.4 cm³/mol. The highest BCUT2D eigenvalue weighted by Gasteiger charge is 2.25. The summed E-state index contributed by atoms with van der Waals surface area (Å²) >= 11 is 1.77. The fourth-order valence-electron chi connectivity index (χ4n) is 1.42. The molecule has 0 amide bonds. The van der Waals surface area contributed by atoms with Crippen molar-refractivity contribution in [2.45, 2.75) is 45.1 Å². The first-order chi connectivity index (χ1) is 6.62. The van der Waals surface area contributed by atoms with Gasteiger partial charge in [-0.1, -0.05) is 6.92 Å². The number of nitrogens with two attached hydrogens (primary N) is 1. The Hall–Kier alpha value is -0.410. The van der Waals surface area contributed by atoms with Crippen molar-refractivity contribution in [3.8, 4) is 0 Å². The average Bonchev–Trinajstić information content (AvgIpc) is 2.81. The van der Waals surface area contributed by atoms with E-state index in [0.717, 1.165) is 18.0 Å². The van der Waals surface area contributed by atoms with Crippen LogP contribution in [0.2, 0.25) is 0 Å². The van der Waals surface area contributed by atoms with Gasteiger partial charge in [-0.05, 0) is 32.1 Å². The second-order valence-electron chi connectivity index (χ2n) is 4.55. The maximum Gasteiger partial charge on any atom is 0.0931 e. The SMILES string of the molecule is CCC(C)(N)c1csc(CC2CC2)n1. The molecule has 0 spiro atoms. The van der Waals surface area contributed by atoms with E-state index in [0.29, 0.717) is 0 Å². The van der Waals surface area contributed by atoms with Crippen molar-refractivity contribution in [3.63, 3.8) is 0 Å². The highest BCUT2D eigenvalue weighted by Crippen LogP contribution is 2.34. The number of hydrogen-bond donors (Lipinski definition) is 1. The molecule has 1 aliphatic carbocycles. The molecular weight excluding hydrogens is 192 g/mol. The largest absolute Gasteiger partial charge is 0.320 e. The third kappa shape index (κ3) is 2.15. The van der Waals surface area contributed by atoms with Crippen LogP contribution in [0.1, 0.15) is 43.8 Å². The lowest BCUT2D eigenvalue weighted by atomic mass is 9.97. The summed E-state index contributed by atoms with van der Waals surface area (Å²) in [6.45, 7) is 4.17. The number of aromatic nitrogens is 1. The minimum Gasteiger partial charge on any atom is -0.320 e. The molecular formula is C11H18N2S. The van der Waals surface area contributed by atoms with Crippen LogP contribution in [0.4, 0.5) is 0 Å². The van der Waals surface area contributed by atoms with Crippen LogP contribution < -0.4 is 5.73 Å². The predicted octanol–water partition coefficient (Wildman–Crippen LogP) is 2.68. The maximum absolute atomic E-state index is 6.14. The Kier molecular flexibility index (Phi) is 2.62. The van der Waals surface area contributed by atoms with Crippen LogP contribution in [0.15, 0.2) is 5.38 Å². The normalized spacial score (nSPS) is 20.8. The Morgan fingerprint density at radius 3 is 2.93 bits per heavy atom. The van der Waals surface area contributed by atoms with Gasteiger partial charge in [-0.15, -0.1) is 11.3 Å². The van der Waals surface area contributed by atoms with E-state index >= 15 is 0 Å². The topological polar surface area (TPSA) is 38.9 Å². The Morgan fingerprint density at radius 2 is 2.36 bits per heavy atom. The summed E-state index contributed by atoms with van der Waals surface area (Å²) in [6.07, 6.45) is 4.90. The van der Waals surface area contributed by atoms with Gasteiger partial charge in [-0.2, -0.15) is 0 Å². The van der Waals surface area contributed by atoms with Crippen molar-refractivity contribution >= 4 is 11.3 Å². The third-order valence-electron chi connectivity index (χ3n) is 3.03. The molecule has 2 N–H and O–H groups in total. The molecule has 78 valence electrons. The van der Waals surface area contributed by atoms with Crippen LogP contribution in [0.3, 0.4) is 0 Å². The zero-order valence-corrected chi connectivity index (χ0v) is 9.73. The molecule has 1 fully saturated rings. The lowest BCUT2D eigenvalue weighted by Gasteiger charge is -2.19. The van der Waals surface area contributed by atoms with E-state index < -0.39 is 0 Å². The number of rotatable bonds is 4. The minimum atomic E-state index is -0.238. The molecule has 1 aromatic rings. The first kappa shape index (κ1) is 10.1. The summed E-state index contributed by atoms with van der Waals surface area (Å²) < 4.78 is 0. The lowest BCUT2D eigenvalue weighted by Crippen LogP contribution is -2.32. The van der Waals surface area contributed by atoms with E-state index in [-0.39, 0.29) is 5.54 Å². The van der Waals surface area contributed by atoms with Crippen molar-refractivity contribution in [2.75, 3.05) is 0 Å². The Morgan fingerprint density at radius 1 is 1.64 bits per heavy atom. The number of nitrogens with zero attached hydrogens (tertiary/aromatic N) is 1. The van der Waals surface area contributed by atoms with Gasteiger partial charge in [0.1, 0.15) is 0 Å². The molecule has 2 rings (SSSR count). The molecule has 14 heavy (non-hydrogen) atoms. The van der Waals surface area contributed by atoms with Crippen LogP contribution in [-0.2, 0) is 12.0 Å². The summed E-state index contributed by atoms with van der Waals surface area (Å²) in [5, 5.41) is 3.40. The molecule has 0 aliphatic heterocycles. The first-order valence-corrected chi connectivity index (χ1v) is 6.23. The molecule has 1 aliphatic rings. The molecule has 0 radical (unpaired) electrons. The number of hydrogen-bond acceptors (Lipinski definition) is 3. The number of thiazole rings is 1. The van der Waals surface area contributed by atoms with Crippen molar-refractivity contribution in [2.24, 2.45) is 11.7 Å². The summed E-state index contributed by atoms with van der Waals surface area (Å²) in [4.78, 5) is 4.63. The highest BCUT2D eigenvalue weighted by atomic mass is 32.1. The van der Waals surface area contributed by atoms with Gasteiger partial charge in [0, 0.05) is 11.8 Å². The van der Waals surface area contributed by atoms with E-state index in [9.17, 15) is 0 Å². The summed E-state index contributed by atoms with van der Waals surface area (Å²) in [6, 6.07) is 0. The zero-order chi connectivity index (χ0) is 10.2. The van der Waals surface area contributed by atoms with E-state index in [4.69, 9.17) is 5.73 Å². The molecule has 0 aromatic carbocycles. The van der Waals surface area contributed by atoms with Gasteiger partial charge in [-0.3, -0.25) is 0 Å². The van der Waals surface area contributed by atoms with Gasteiger partial charge in [0.15, 0.2) is 0 Å². The van der Waals surface area contributed by atoms with Crippen molar-refractivity contribution in [1.29, 1.82) is 0 Å². The molecule has 2 nitrogen and oxygen atoms in total. The summed E-state index contributed by atoms with van der Waals surface area (Å²) in [7, 11) is 0. The average molecular weight is 210 g/mol. The van der Waals surface area contributed by atoms with E-state index in [1.54, 1.807) is 11.3 Å². The van der Waals surface area contributed by atoms with Crippen LogP contribution in [0, 0.1) is 5.92 Å². The standard InChI is InChI=1S/C11H18N2S/c1-3-11(2,12)9-7-14-10(13-9)6-8-4-5-8/h7-8H,3-6,12H2,1-2H3. The second kappa shape index (κ2) is 3.63. The molecule has 0 saturated heterocycles. The Bertz CT molecular complexity index is 313. The monoisotopic (exact) mass is 210 g/mol. The van der Waals surface area contributed by atoms with Gasteiger partial charge in [-0.25, -0.2) is 4.98 Å². The molecule has 1 saturated carbocycles. The van der Waals surface area contributed by atoms with Crippen molar-refractivity contribution in [3.05, 3.63) is 16.1 Å². The maximum atomic E-state index is 6.14. The van der Waals surface area contributed by atoms with Gasteiger partial charge in [0.05, 0.1) is 16.2 Å². The van der Waals surface area contributed by atoms with Gasteiger partial charge >= 0.3 is 0 Å². The smallest absolute Gasteiger partial charge is 0.0931 e. The summed E-state index contributed by atoms with van der Waals surface area (Å²) in [5.41, 5.74) is 6.97.